The Hall–Kier alpha value is -1.56. The van der Waals surface area contributed by atoms with E-state index in [9.17, 15) is 0 Å². The Labute approximate surface area is 125 Å². The molecule has 0 radical (unpaired) electrons. The predicted molar refractivity (Wildman–Crippen MR) is 87.2 cm³/mol. The van der Waals surface area contributed by atoms with Crippen molar-refractivity contribution < 1.29 is 0 Å². The van der Waals surface area contributed by atoms with Gasteiger partial charge in [-0.3, -0.25) is 0 Å². The number of hydrogen-bond acceptors (Lipinski definition) is 2. The first-order valence-electron chi connectivity index (χ1n) is 6.14. The van der Waals surface area contributed by atoms with E-state index < -0.39 is 0 Å². The highest BCUT2D eigenvalue weighted by Crippen LogP contribution is 2.16. The zero-order valence-electron chi connectivity index (χ0n) is 10.6. The number of imidazole rings is 1. The fourth-order valence-electron chi connectivity index (χ4n) is 2.13. The maximum absolute atomic E-state index is 4.65. The van der Waals surface area contributed by atoms with E-state index in [0.717, 1.165) is 23.6 Å². The Morgan fingerprint density at radius 1 is 1.16 bits per heavy atom. The Bertz CT molecular complexity index is 718. The van der Waals surface area contributed by atoms with E-state index in [1.165, 1.54) is 9.09 Å². The number of halogens is 1. The molecule has 1 aromatic heterocycles. The minimum atomic E-state index is 0.727. The van der Waals surface area contributed by atoms with Gasteiger partial charge in [0.1, 0.15) is 5.82 Å². The van der Waals surface area contributed by atoms with Crippen LogP contribution in [0.2, 0.25) is 0 Å². The van der Waals surface area contributed by atoms with E-state index >= 15 is 0 Å². The average molecular weight is 363 g/mol. The van der Waals surface area contributed by atoms with Crippen LogP contribution in [0.4, 0.5) is 5.69 Å². The smallest absolute Gasteiger partial charge is 0.128 e. The normalized spacial score (nSPS) is 10.8. The second kappa shape index (κ2) is 5.21. The molecule has 0 bridgehead atoms. The number of nitrogens with zero attached hydrogens (tertiary/aromatic N) is 2. The lowest BCUT2D eigenvalue weighted by Gasteiger charge is -2.07. The summed E-state index contributed by atoms with van der Waals surface area (Å²) < 4.78 is 3.36. The standard InChI is InChI=1S/C15H14IN3/c1-19-14-8-3-2-7-13(14)18-15(19)10-17-12-6-4-5-11(16)9-12/h2-9,17H,10H2,1H3. The number of anilines is 1. The maximum Gasteiger partial charge on any atom is 0.128 e. The van der Waals surface area contributed by atoms with Crippen molar-refractivity contribution in [1.82, 2.24) is 9.55 Å². The van der Waals surface area contributed by atoms with Crippen molar-refractivity contribution in [2.75, 3.05) is 5.32 Å². The molecule has 0 aliphatic carbocycles. The van der Waals surface area contributed by atoms with Gasteiger partial charge in [-0.05, 0) is 52.9 Å². The molecule has 0 aliphatic heterocycles. The lowest BCUT2D eigenvalue weighted by atomic mass is 10.3. The highest BCUT2D eigenvalue weighted by atomic mass is 127. The average Bonchev–Trinajstić information content (AvgIpc) is 2.74. The second-order valence-corrected chi connectivity index (χ2v) is 5.69. The van der Waals surface area contributed by atoms with E-state index in [1.54, 1.807) is 0 Å². The molecule has 0 saturated heterocycles. The molecular weight excluding hydrogens is 349 g/mol. The molecule has 0 saturated carbocycles. The molecule has 19 heavy (non-hydrogen) atoms. The molecule has 3 aromatic rings. The number of para-hydroxylation sites is 2. The zero-order chi connectivity index (χ0) is 13.2. The van der Waals surface area contributed by atoms with Gasteiger partial charge >= 0.3 is 0 Å². The van der Waals surface area contributed by atoms with Crippen LogP contribution in [0.25, 0.3) is 11.0 Å². The van der Waals surface area contributed by atoms with Crippen LogP contribution in [-0.4, -0.2) is 9.55 Å². The zero-order valence-corrected chi connectivity index (χ0v) is 12.8. The molecule has 0 aliphatic rings. The van der Waals surface area contributed by atoms with Gasteiger partial charge in [0.15, 0.2) is 0 Å². The molecule has 4 heteroatoms. The highest BCUT2D eigenvalue weighted by molar-refractivity contribution is 14.1. The van der Waals surface area contributed by atoms with Crippen molar-refractivity contribution in [3.63, 3.8) is 0 Å². The summed E-state index contributed by atoms with van der Waals surface area (Å²) in [7, 11) is 2.06. The number of rotatable bonds is 3. The summed E-state index contributed by atoms with van der Waals surface area (Å²) >= 11 is 2.32. The van der Waals surface area contributed by atoms with Crippen LogP contribution in [-0.2, 0) is 13.6 Å². The third-order valence-electron chi connectivity index (χ3n) is 3.16. The minimum Gasteiger partial charge on any atom is -0.378 e. The van der Waals surface area contributed by atoms with Crippen LogP contribution in [0.15, 0.2) is 48.5 Å². The third kappa shape index (κ3) is 2.58. The van der Waals surface area contributed by atoms with E-state index in [-0.39, 0.29) is 0 Å². The molecule has 1 heterocycles. The van der Waals surface area contributed by atoms with E-state index in [0.29, 0.717) is 0 Å². The molecule has 3 rings (SSSR count). The van der Waals surface area contributed by atoms with Crippen molar-refractivity contribution in [2.24, 2.45) is 7.05 Å². The predicted octanol–water partition coefficient (Wildman–Crippen LogP) is 3.79. The van der Waals surface area contributed by atoms with Gasteiger partial charge in [0, 0.05) is 16.3 Å². The summed E-state index contributed by atoms with van der Waals surface area (Å²) in [5.41, 5.74) is 3.34. The van der Waals surface area contributed by atoms with Gasteiger partial charge in [-0.25, -0.2) is 4.98 Å². The van der Waals surface area contributed by atoms with Crippen LogP contribution in [0.5, 0.6) is 0 Å². The van der Waals surface area contributed by atoms with Crippen LogP contribution in [0.3, 0.4) is 0 Å². The van der Waals surface area contributed by atoms with E-state index in [2.05, 4.69) is 74.8 Å². The van der Waals surface area contributed by atoms with Gasteiger partial charge in [-0.2, -0.15) is 0 Å². The van der Waals surface area contributed by atoms with Crippen molar-refractivity contribution in [1.29, 1.82) is 0 Å². The summed E-state index contributed by atoms with van der Waals surface area (Å²) in [5, 5.41) is 3.42. The van der Waals surface area contributed by atoms with Gasteiger partial charge in [-0.1, -0.05) is 18.2 Å². The van der Waals surface area contributed by atoms with Crippen molar-refractivity contribution in [3.8, 4) is 0 Å². The lowest BCUT2D eigenvalue weighted by Crippen LogP contribution is -2.05. The number of benzene rings is 2. The summed E-state index contributed by atoms with van der Waals surface area (Å²) in [6.45, 7) is 0.727. The summed E-state index contributed by atoms with van der Waals surface area (Å²) in [6, 6.07) is 16.5. The van der Waals surface area contributed by atoms with Gasteiger partial charge in [0.2, 0.25) is 0 Å². The largest absolute Gasteiger partial charge is 0.378 e. The first-order valence-corrected chi connectivity index (χ1v) is 7.22. The number of fused-ring (bicyclic) bond motifs is 1. The van der Waals surface area contributed by atoms with Gasteiger partial charge in [0.05, 0.1) is 17.6 Å². The molecule has 3 nitrogen and oxygen atoms in total. The first-order chi connectivity index (χ1) is 9.24. The SMILES string of the molecule is Cn1c(CNc2cccc(I)c2)nc2ccccc21. The Morgan fingerprint density at radius 3 is 2.79 bits per heavy atom. The molecule has 0 unspecified atom stereocenters. The topological polar surface area (TPSA) is 29.9 Å². The third-order valence-corrected chi connectivity index (χ3v) is 3.83. The molecule has 0 amide bonds. The number of nitrogens with one attached hydrogen (secondary N) is 1. The minimum absolute atomic E-state index is 0.727. The molecule has 0 atom stereocenters. The second-order valence-electron chi connectivity index (χ2n) is 4.44. The number of aromatic nitrogens is 2. The Morgan fingerprint density at radius 2 is 2.00 bits per heavy atom. The van der Waals surface area contributed by atoms with Gasteiger partial charge < -0.3 is 9.88 Å². The van der Waals surface area contributed by atoms with E-state index in [4.69, 9.17) is 0 Å². The van der Waals surface area contributed by atoms with Crippen molar-refractivity contribution >= 4 is 39.3 Å². The summed E-state index contributed by atoms with van der Waals surface area (Å²) in [6.07, 6.45) is 0. The lowest BCUT2D eigenvalue weighted by molar-refractivity contribution is 0.834. The molecule has 96 valence electrons. The van der Waals surface area contributed by atoms with Crippen molar-refractivity contribution in [3.05, 3.63) is 57.9 Å². The fourth-order valence-corrected chi connectivity index (χ4v) is 2.68. The fraction of sp³-hybridized carbons (Fsp3) is 0.133. The monoisotopic (exact) mass is 363 g/mol. The molecule has 1 N–H and O–H groups in total. The van der Waals surface area contributed by atoms with Gasteiger partial charge in [0.25, 0.3) is 0 Å². The molecule has 0 fully saturated rings. The highest BCUT2D eigenvalue weighted by Gasteiger charge is 2.06. The van der Waals surface area contributed by atoms with Gasteiger partial charge in [-0.15, -0.1) is 0 Å². The van der Waals surface area contributed by atoms with Crippen LogP contribution >= 0.6 is 22.6 Å². The van der Waals surface area contributed by atoms with Crippen LogP contribution in [0, 0.1) is 3.57 Å². The quantitative estimate of drug-likeness (QED) is 0.718. The summed E-state index contributed by atoms with van der Waals surface area (Å²) in [5.74, 6) is 1.04. The molecule has 2 aromatic carbocycles. The van der Waals surface area contributed by atoms with E-state index in [1.807, 2.05) is 18.2 Å². The van der Waals surface area contributed by atoms with Crippen molar-refractivity contribution in [2.45, 2.75) is 6.54 Å². The maximum atomic E-state index is 4.65. The van der Waals surface area contributed by atoms with Crippen LogP contribution in [0.1, 0.15) is 5.82 Å². The summed E-state index contributed by atoms with van der Waals surface area (Å²) in [4.78, 5) is 4.65. The number of hydrogen-bond donors (Lipinski definition) is 1. The molecule has 0 spiro atoms. The molecular formula is C15H14IN3. The van der Waals surface area contributed by atoms with Crippen LogP contribution < -0.4 is 5.32 Å². The Kier molecular flexibility index (Phi) is 3.42. The number of aryl methyl sites for hydroxylation is 1. The first kappa shape index (κ1) is 12.5. The Balaban J connectivity index is 1.84.